The maximum atomic E-state index is 5.46. The second kappa shape index (κ2) is 5.48. The Balaban J connectivity index is 2.02. The molecule has 0 amide bonds. The van der Waals surface area contributed by atoms with Gasteiger partial charge in [-0.3, -0.25) is 4.90 Å². The fraction of sp³-hybridized carbons (Fsp3) is 1.00. The van der Waals surface area contributed by atoms with Crippen LogP contribution in [0.1, 0.15) is 40.5 Å². The SMILES string of the molecule is COC(C)CN1CC(C)(C2CC2)NCC1C(C)C. The van der Waals surface area contributed by atoms with E-state index in [0.29, 0.717) is 23.6 Å². The molecule has 3 nitrogen and oxygen atoms in total. The van der Waals surface area contributed by atoms with Gasteiger partial charge >= 0.3 is 0 Å². The molecular formula is C15H30N2O. The Morgan fingerprint density at radius 2 is 2.00 bits per heavy atom. The molecule has 0 aromatic heterocycles. The van der Waals surface area contributed by atoms with Crippen LogP contribution in [0.2, 0.25) is 0 Å². The highest BCUT2D eigenvalue weighted by atomic mass is 16.5. The molecule has 18 heavy (non-hydrogen) atoms. The van der Waals surface area contributed by atoms with Crippen LogP contribution in [-0.2, 0) is 4.74 Å². The van der Waals surface area contributed by atoms with Gasteiger partial charge in [0.2, 0.25) is 0 Å². The number of ether oxygens (including phenoxy) is 1. The average Bonchev–Trinajstić information content (AvgIpc) is 3.12. The van der Waals surface area contributed by atoms with Gasteiger partial charge in [0.25, 0.3) is 0 Å². The van der Waals surface area contributed by atoms with Gasteiger partial charge in [-0.25, -0.2) is 0 Å². The van der Waals surface area contributed by atoms with Crippen molar-refractivity contribution in [3.05, 3.63) is 0 Å². The van der Waals surface area contributed by atoms with Crippen LogP contribution in [-0.4, -0.2) is 49.3 Å². The van der Waals surface area contributed by atoms with E-state index in [1.807, 2.05) is 7.11 Å². The van der Waals surface area contributed by atoms with E-state index in [2.05, 4.69) is 37.9 Å². The highest BCUT2D eigenvalue weighted by Gasteiger charge is 2.46. The fourth-order valence-electron chi connectivity index (χ4n) is 3.32. The van der Waals surface area contributed by atoms with Gasteiger partial charge in [0, 0.05) is 38.3 Å². The topological polar surface area (TPSA) is 24.5 Å². The summed E-state index contributed by atoms with van der Waals surface area (Å²) in [4.78, 5) is 2.66. The van der Waals surface area contributed by atoms with E-state index in [1.165, 1.54) is 19.4 Å². The molecule has 2 rings (SSSR count). The summed E-state index contributed by atoms with van der Waals surface area (Å²) < 4.78 is 5.46. The quantitative estimate of drug-likeness (QED) is 0.813. The van der Waals surface area contributed by atoms with Gasteiger partial charge in [-0.2, -0.15) is 0 Å². The number of piperazine rings is 1. The summed E-state index contributed by atoms with van der Waals surface area (Å²) in [6.45, 7) is 12.6. The third kappa shape index (κ3) is 3.06. The van der Waals surface area contributed by atoms with Gasteiger partial charge in [0.15, 0.2) is 0 Å². The van der Waals surface area contributed by atoms with Crippen LogP contribution in [0.5, 0.6) is 0 Å². The molecule has 1 saturated heterocycles. The zero-order valence-corrected chi connectivity index (χ0v) is 12.7. The number of nitrogens with one attached hydrogen (secondary N) is 1. The molecule has 2 aliphatic rings. The van der Waals surface area contributed by atoms with Gasteiger partial charge in [0.1, 0.15) is 0 Å². The first-order valence-electron chi connectivity index (χ1n) is 7.48. The summed E-state index contributed by atoms with van der Waals surface area (Å²) in [6, 6.07) is 0.648. The van der Waals surface area contributed by atoms with Crippen molar-refractivity contribution in [1.82, 2.24) is 10.2 Å². The molecule has 3 heteroatoms. The average molecular weight is 254 g/mol. The predicted molar refractivity (Wildman–Crippen MR) is 75.8 cm³/mol. The third-order valence-corrected chi connectivity index (χ3v) is 4.86. The van der Waals surface area contributed by atoms with Crippen LogP contribution in [0.25, 0.3) is 0 Å². The highest BCUT2D eigenvalue weighted by molar-refractivity contribution is 5.04. The van der Waals surface area contributed by atoms with E-state index < -0.39 is 0 Å². The summed E-state index contributed by atoms with van der Waals surface area (Å²) in [5, 5.41) is 3.83. The smallest absolute Gasteiger partial charge is 0.0670 e. The highest BCUT2D eigenvalue weighted by Crippen LogP contribution is 2.41. The lowest BCUT2D eigenvalue weighted by molar-refractivity contribution is 0.00564. The Morgan fingerprint density at radius 3 is 2.50 bits per heavy atom. The monoisotopic (exact) mass is 254 g/mol. The second-order valence-corrected chi connectivity index (χ2v) is 6.86. The van der Waals surface area contributed by atoms with E-state index in [1.54, 1.807) is 0 Å². The molecule has 0 radical (unpaired) electrons. The van der Waals surface area contributed by atoms with Crippen LogP contribution < -0.4 is 5.32 Å². The minimum Gasteiger partial charge on any atom is -0.380 e. The standard InChI is InChI=1S/C15H30N2O/c1-11(2)14-8-16-15(4,13-6-7-13)10-17(14)9-12(3)18-5/h11-14,16H,6-10H2,1-5H3. The van der Waals surface area contributed by atoms with Crippen molar-refractivity contribution in [2.24, 2.45) is 11.8 Å². The first kappa shape index (κ1) is 14.3. The van der Waals surface area contributed by atoms with Crippen molar-refractivity contribution in [2.45, 2.75) is 58.2 Å². The van der Waals surface area contributed by atoms with Crippen LogP contribution in [0.3, 0.4) is 0 Å². The molecule has 1 N–H and O–H groups in total. The first-order valence-corrected chi connectivity index (χ1v) is 7.48. The molecule has 3 atom stereocenters. The lowest BCUT2D eigenvalue weighted by Crippen LogP contribution is -2.65. The summed E-state index contributed by atoms with van der Waals surface area (Å²) >= 11 is 0. The third-order valence-electron chi connectivity index (χ3n) is 4.86. The predicted octanol–water partition coefficient (Wildman–Crippen LogP) is 2.12. The largest absolute Gasteiger partial charge is 0.380 e. The van der Waals surface area contributed by atoms with E-state index in [9.17, 15) is 0 Å². The Bertz CT molecular complexity index is 278. The van der Waals surface area contributed by atoms with E-state index >= 15 is 0 Å². The lowest BCUT2D eigenvalue weighted by Gasteiger charge is -2.48. The molecule has 0 aromatic carbocycles. The summed E-state index contributed by atoms with van der Waals surface area (Å²) in [5.74, 6) is 1.59. The normalized spacial score (nSPS) is 36.0. The van der Waals surface area contributed by atoms with E-state index in [0.717, 1.165) is 19.0 Å². The Kier molecular flexibility index (Phi) is 4.35. The zero-order valence-electron chi connectivity index (χ0n) is 12.7. The Morgan fingerprint density at radius 1 is 1.33 bits per heavy atom. The first-order chi connectivity index (χ1) is 8.46. The van der Waals surface area contributed by atoms with Crippen molar-refractivity contribution >= 4 is 0 Å². The minimum absolute atomic E-state index is 0.327. The van der Waals surface area contributed by atoms with Gasteiger partial charge < -0.3 is 10.1 Å². The molecule has 3 unspecified atom stereocenters. The molecule has 1 heterocycles. The lowest BCUT2D eigenvalue weighted by atomic mass is 9.88. The number of rotatable bonds is 5. The minimum atomic E-state index is 0.327. The summed E-state index contributed by atoms with van der Waals surface area (Å²) in [6.07, 6.45) is 3.14. The van der Waals surface area contributed by atoms with Gasteiger partial charge in [-0.05, 0) is 38.5 Å². The van der Waals surface area contributed by atoms with Crippen molar-refractivity contribution in [3.8, 4) is 0 Å². The number of hydrogen-bond acceptors (Lipinski definition) is 3. The van der Waals surface area contributed by atoms with E-state index in [-0.39, 0.29) is 0 Å². The van der Waals surface area contributed by atoms with Gasteiger partial charge in [-0.15, -0.1) is 0 Å². The number of hydrogen-bond donors (Lipinski definition) is 1. The molecular weight excluding hydrogens is 224 g/mol. The summed E-state index contributed by atoms with van der Waals surface area (Å²) in [7, 11) is 1.82. The second-order valence-electron chi connectivity index (χ2n) is 6.86. The zero-order chi connectivity index (χ0) is 13.3. The molecule has 2 fully saturated rings. The molecule has 1 saturated carbocycles. The van der Waals surface area contributed by atoms with Crippen molar-refractivity contribution in [3.63, 3.8) is 0 Å². The maximum absolute atomic E-state index is 5.46. The van der Waals surface area contributed by atoms with Crippen molar-refractivity contribution < 1.29 is 4.74 Å². The van der Waals surface area contributed by atoms with Crippen molar-refractivity contribution in [2.75, 3.05) is 26.7 Å². The molecule has 106 valence electrons. The molecule has 0 spiro atoms. The van der Waals surface area contributed by atoms with Crippen LogP contribution in [0.4, 0.5) is 0 Å². The molecule has 0 aromatic rings. The Hall–Kier alpha value is -0.120. The van der Waals surface area contributed by atoms with Crippen LogP contribution in [0.15, 0.2) is 0 Å². The van der Waals surface area contributed by atoms with Crippen LogP contribution >= 0.6 is 0 Å². The maximum Gasteiger partial charge on any atom is 0.0670 e. The van der Waals surface area contributed by atoms with Gasteiger partial charge in [-0.1, -0.05) is 13.8 Å². The molecule has 0 bridgehead atoms. The molecule has 1 aliphatic carbocycles. The molecule has 1 aliphatic heterocycles. The van der Waals surface area contributed by atoms with E-state index in [4.69, 9.17) is 4.74 Å². The fourth-order valence-corrected chi connectivity index (χ4v) is 3.32. The van der Waals surface area contributed by atoms with Gasteiger partial charge in [0.05, 0.1) is 6.10 Å². The summed E-state index contributed by atoms with van der Waals surface area (Å²) in [5.41, 5.74) is 0.332. The van der Waals surface area contributed by atoms with Crippen molar-refractivity contribution in [1.29, 1.82) is 0 Å². The van der Waals surface area contributed by atoms with Crippen LogP contribution in [0, 0.1) is 11.8 Å². The Labute approximate surface area is 112 Å². The number of methoxy groups -OCH3 is 1. The number of nitrogens with zero attached hydrogens (tertiary/aromatic N) is 1.